The molecule has 2 atom stereocenters. The van der Waals surface area contributed by atoms with E-state index in [1.165, 1.54) is 39.0 Å². The summed E-state index contributed by atoms with van der Waals surface area (Å²) in [5.41, 5.74) is 8.02. The van der Waals surface area contributed by atoms with E-state index < -0.39 is 0 Å². The van der Waals surface area contributed by atoms with Gasteiger partial charge in [-0.05, 0) is 30.9 Å². The number of aromatic nitrogens is 2. The second-order valence-electron chi connectivity index (χ2n) is 7.67. The van der Waals surface area contributed by atoms with Gasteiger partial charge in [0.25, 0.3) is 0 Å². The molecule has 158 valence electrons. The van der Waals surface area contributed by atoms with Crippen LogP contribution >= 0.6 is 11.6 Å². The summed E-state index contributed by atoms with van der Waals surface area (Å²) >= 11 is 5.93. The van der Waals surface area contributed by atoms with Crippen molar-refractivity contribution in [3.8, 4) is 0 Å². The molecule has 2 heterocycles. The first-order valence-corrected chi connectivity index (χ1v) is 10.7. The summed E-state index contributed by atoms with van der Waals surface area (Å²) in [5, 5.41) is 5.65. The summed E-state index contributed by atoms with van der Waals surface area (Å²) < 4.78 is 4.95. The Morgan fingerprint density at radius 1 is 1.24 bits per heavy atom. The molecule has 1 aromatic carbocycles. The third-order valence-electron chi connectivity index (χ3n) is 5.29. The molecule has 0 radical (unpaired) electrons. The Balaban J connectivity index is 0.000000211. The van der Waals surface area contributed by atoms with Crippen LogP contribution in [0, 0.1) is 5.92 Å². The van der Waals surface area contributed by atoms with E-state index in [0.29, 0.717) is 22.5 Å². The van der Waals surface area contributed by atoms with Gasteiger partial charge < -0.3 is 15.2 Å². The largest absolute Gasteiger partial charge is 0.368 e. The predicted molar refractivity (Wildman–Crippen MR) is 121 cm³/mol. The van der Waals surface area contributed by atoms with Crippen molar-refractivity contribution in [2.75, 3.05) is 5.73 Å². The van der Waals surface area contributed by atoms with Crippen LogP contribution < -0.4 is 5.73 Å². The number of nitrogens with zero attached hydrogens (tertiary/aromatic N) is 1. The number of halogens is 1. The van der Waals surface area contributed by atoms with Gasteiger partial charge in [-0.15, -0.1) is 0 Å². The van der Waals surface area contributed by atoms with Crippen molar-refractivity contribution in [3.63, 3.8) is 0 Å². The van der Waals surface area contributed by atoms with Crippen molar-refractivity contribution in [3.05, 3.63) is 46.7 Å². The molecule has 2 aromatic heterocycles. The number of carbonyl (C=O) groups is 1. The van der Waals surface area contributed by atoms with Gasteiger partial charge >= 0.3 is 0 Å². The van der Waals surface area contributed by atoms with Crippen LogP contribution in [-0.4, -0.2) is 15.9 Å². The average Bonchev–Trinajstić information content (AvgIpc) is 3.32. The molecule has 0 spiro atoms. The number of nitrogen functional groups attached to an aromatic ring is 1. The molecule has 3 rings (SSSR count). The third kappa shape index (κ3) is 6.64. The first-order valence-electron chi connectivity index (χ1n) is 10.4. The number of rotatable bonds is 8. The van der Waals surface area contributed by atoms with Crippen LogP contribution in [0.5, 0.6) is 0 Å². The Morgan fingerprint density at radius 2 is 2.00 bits per heavy atom. The molecule has 6 heteroatoms. The highest BCUT2D eigenvalue weighted by atomic mass is 35.5. The van der Waals surface area contributed by atoms with E-state index in [1.54, 1.807) is 6.07 Å². The molecule has 0 saturated heterocycles. The minimum absolute atomic E-state index is 0.0206. The van der Waals surface area contributed by atoms with Gasteiger partial charge in [0.05, 0.1) is 21.9 Å². The first kappa shape index (κ1) is 23.0. The summed E-state index contributed by atoms with van der Waals surface area (Å²) in [6.45, 7) is 8.28. The third-order valence-corrected chi connectivity index (χ3v) is 5.61. The predicted octanol–water partition coefficient (Wildman–Crippen LogP) is 6.99. The number of Topliss-reactive ketones (excluding diaryl/α,β-unsaturated/α-hetero) is 1. The Kier molecular flexibility index (Phi) is 8.77. The Bertz CT molecular complexity index is 916. The number of carbonyl (C=O) groups excluding carboxylic acids is 1. The maximum atomic E-state index is 11.1. The fraction of sp³-hybridized carbons (Fsp3) is 0.478. The quantitative estimate of drug-likeness (QED) is 0.386. The van der Waals surface area contributed by atoms with E-state index in [-0.39, 0.29) is 5.78 Å². The Hall–Kier alpha value is -2.27. The zero-order valence-corrected chi connectivity index (χ0v) is 18.6. The maximum Gasteiger partial charge on any atom is 0.222 e. The van der Waals surface area contributed by atoms with E-state index >= 15 is 0 Å². The number of aromatic amines is 1. The van der Waals surface area contributed by atoms with Crippen molar-refractivity contribution < 1.29 is 9.32 Å². The number of hydrogen-bond acceptors (Lipinski definition) is 4. The van der Waals surface area contributed by atoms with Gasteiger partial charge in [0.15, 0.2) is 5.78 Å². The molecule has 3 N–H and O–H groups in total. The molecule has 0 aliphatic carbocycles. The van der Waals surface area contributed by atoms with Crippen LogP contribution in [0.4, 0.5) is 5.88 Å². The molecule has 0 amide bonds. The van der Waals surface area contributed by atoms with Crippen molar-refractivity contribution in [1.29, 1.82) is 0 Å². The lowest BCUT2D eigenvalue weighted by atomic mass is 9.90. The van der Waals surface area contributed by atoms with Crippen LogP contribution in [0.3, 0.4) is 0 Å². The zero-order chi connectivity index (χ0) is 21.4. The van der Waals surface area contributed by atoms with Crippen LogP contribution in [0.2, 0.25) is 5.02 Å². The number of fused-ring (bicyclic) bond motifs is 1. The Labute approximate surface area is 178 Å². The lowest BCUT2D eigenvalue weighted by molar-refractivity contribution is 0.101. The van der Waals surface area contributed by atoms with Gasteiger partial charge in [0.1, 0.15) is 0 Å². The van der Waals surface area contributed by atoms with Gasteiger partial charge in [0.2, 0.25) is 5.88 Å². The second-order valence-corrected chi connectivity index (χ2v) is 8.08. The summed E-state index contributed by atoms with van der Waals surface area (Å²) in [5.74, 6) is 1.76. The summed E-state index contributed by atoms with van der Waals surface area (Å²) in [7, 11) is 0. The smallest absolute Gasteiger partial charge is 0.222 e. The molecule has 2 unspecified atom stereocenters. The topological polar surface area (TPSA) is 84.9 Å². The van der Waals surface area contributed by atoms with E-state index in [1.807, 2.05) is 24.3 Å². The van der Waals surface area contributed by atoms with Gasteiger partial charge in [-0.1, -0.05) is 68.9 Å². The lowest BCUT2D eigenvalue weighted by Gasteiger charge is -2.15. The van der Waals surface area contributed by atoms with Crippen molar-refractivity contribution in [1.82, 2.24) is 10.1 Å². The van der Waals surface area contributed by atoms with Crippen LogP contribution in [0.1, 0.15) is 81.9 Å². The lowest BCUT2D eigenvalue weighted by Crippen LogP contribution is -2.02. The number of benzene rings is 1. The highest BCUT2D eigenvalue weighted by Gasteiger charge is 2.16. The standard InChI is InChI=1S/C13H24N2O.C10H8ClNO/c1-4-6-11(8-7-10(3)5-2)12-9-13(14)16-15-12;1-6(13)9-5-7-3-2-4-8(11)10(7)12-9/h9-11H,4-8,14H2,1-3H3;2-5,12H,1H3. The van der Waals surface area contributed by atoms with Crippen LogP contribution in [-0.2, 0) is 0 Å². The minimum Gasteiger partial charge on any atom is -0.368 e. The maximum absolute atomic E-state index is 11.1. The number of H-pyrrole nitrogens is 1. The van der Waals surface area contributed by atoms with E-state index in [0.717, 1.165) is 22.5 Å². The number of para-hydroxylation sites is 1. The SMILES string of the molecule is CC(=O)c1cc2cccc(Cl)c2[nH]1.CCCC(CCC(C)CC)c1cc(N)on1. The zero-order valence-electron chi connectivity index (χ0n) is 17.8. The molecular formula is C23H32ClN3O2. The van der Waals surface area contributed by atoms with Gasteiger partial charge in [-0.2, -0.15) is 0 Å². The van der Waals surface area contributed by atoms with Crippen LogP contribution in [0.15, 0.2) is 34.9 Å². The highest BCUT2D eigenvalue weighted by Crippen LogP contribution is 2.28. The number of ketones is 1. The van der Waals surface area contributed by atoms with Crippen molar-refractivity contribution in [2.24, 2.45) is 5.92 Å². The molecule has 0 saturated carbocycles. The highest BCUT2D eigenvalue weighted by molar-refractivity contribution is 6.35. The molecule has 29 heavy (non-hydrogen) atoms. The van der Waals surface area contributed by atoms with E-state index in [4.69, 9.17) is 21.9 Å². The Morgan fingerprint density at radius 3 is 2.55 bits per heavy atom. The fourth-order valence-electron chi connectivity index (χ4n) is 3.28. The molecule has 0 aliphatic rings. The molecular weight excluding hydrogens is 386 g/mol. The minimum atomic E-state index is 0.0206. The molecule has 5 nitrogen and oxygen atoms in total. The number of nitrogens with two attached hydrogens (primary N) is 1. The van der Waals surface area contributed by atoms with Crippen LogP contribution in [0.25, 0.3) is 10.9 Å². The van der Waals surface area contributed by atoms with Gasteiger partial charge in [-0.25, -0.2) is 0 Å². The van der Waals surface area contributed by atoms with Crippen molar-refractivity contribution in [2.45, 2.75) is 65.7 Å². The van der Waals surface area contributed by atoms with E-state index in [9.17, 15) is 4.79 Å². The summed E-state index contributed by atoms with van der Waals surface area (Å²) in [6.07, 6.45) is 6.04. The number of nitrogens with one attached hydrogen (secondary N) is 1. The van der Waals surface area contributed by atoms with Crippen molar-refractivity contribution >= 4 is 34.2 Å². The molecule has 0 fully saturated rings. The average molecular weight is 418 g/mol. The molecule has 3 aromatic rings. The molecule has 0 bridgehead atoms. The van der Waals surface area contributed by atoms with Gasteiger partial charge in [-0.3, -0.25) is 4.79 Å². The summed E-state index contributed by atoms with van der Waals surface area (Å²) in [6, 6.07) is 9.26. The van der Waals surface area contributed by atoms with E-state index in [2.05, 4.69) is 30.9 Å². The number of hydrogen-bond donors (Lipinski definition) is 2. The summed E-state index contributed by atoms with van der Waals surface area (Å²) in [4.78, 5) is 14.0. The van der Waals surface area contributed by atoms with Gasteiger partial charge in [0, 0.05) is 24.3 Å². The normalized spacial score (nSPS) is 13.0. The second kappa shape index (κ2) is 11.1. The fourth-order valence-corrected chi connectivity index (χ4v) is 3.51. The first-order chi connectivity index (χ1) is 13.8. The number of anilines is 1. The molecule has 0 aliphatic heterocycles. The monoisotopic (exact) mass is 417 g/mol.